The summed E-state index contributed by atoms with van der Waals surface area (Å²) in [6.45, 7) is 10.7. The molecule has 0 saturated heterocycles. The van der Waals surface area contributed by atoms with Crippen molar-refractivity contribution < 1.29 is 30.3 Å². The minimum absolute atomic E-state index is 0. The number of hydrogen-bond donors (Lipinski definition) is 2. The number of rotatable bonds is 5. The van der Waals surface area contributed by atoms with Crippen LogP contribution in [0, 0.1) is 12.6 Å². The molecule has 0 aliphatic carbocycles. The summed E-state index contributed by atoms with van der Waals surface area (Å²) in [5.41, 5.74) is 5.48. The summed E-state index contributed by atoms with van der Waals surface area (Å²) in [5.74, 6) is 0. The summed E-state index contributed by atoms with van der Waals surface area (Å²) in [6.07, 6.45) is 1.45. The van der Waals surface area contributed by atoms with Gasteiger partial charge in [-0.05, 0) is 25.8 Å². The molecule has 6 heteroatoms. The van der Waals surface area contributed by atoms with E-state index in [0.29, 0.717) is 17.8 Å². The van der Waals surface area contributed by atoms with Crippen LogP contribution in [0.2, 0.25) is 0 Å². The minimum atomic E-state index is -0.375. The Kier molecular flexibility index (Phi) is 10.7. The van der Waals surface area contributed by atoms with Crippen LogP contribution < -0.4 is 0 Å². The van der Waals surface area contributed by atoms with Crippen molar-refractivity contribution in [2.75, 3.05) is 0 Å². The van der Waals surface area contributed by atoms with Crippen LogP contribution >= 0.6 is 0 Å². The van der Waals surface area contributed by atoms with Gasteiger partial charge in [0.25, 0.3) is 0 Å². The maximum Gasteiger partial charge on any atom is 0.196 e. The predicted molar refractivity (Wildman–Crippen MR) is 131 cm³/mol. The Morgan fingerprint density at radius 1 is 0.882 bits per heavy atom. The number of aliphatic hydroxyl groups is 2. The van der Waals surface area contributed by atoms with Crippen molar-refractivity contribution in [2.24, 2.45) is 0 Å². The predicted octanol–water partition coefficient (Wildman–Crippen LogP) is 5.96. The van der Waals surface area contributed by atoms with Crippen molar-refractivity contribution in [3.05, 3.63) is 103 Å². The molecule has 2 N–H and O–H groups in total. The van der Waals surface area contributed by atoms with Gasteiger partial charge in [0.2, 0.25) is 0 Å². The number of aliphatic hydroxyl groups excluding tert-OH is 2. The summed E-state index contributed by atoms with van der Waals surface area (Å²) in [6, 6.07) is 28.4. The van der Waals surface area contributed by atoms with E-state index in [4.69, 9.17) is 21.8 Å². The van der Waals surface area contributed by atoms with Gasteiger partial charge in [0.1, 0.15) is 0 Å². The molecule has 0 amide bonds. The first-order valence-electron chi connectivity index (χ1n) is 10.7. The quantitative estimate of drug-likeness (QED) is 0.268. The third kappa shape index (κ3) is 7.41. The van der Waals surface area contributed by atoms with E-state index < -0.39 is 0 Å². The number of para-hydroxylation sites is 1. The zero-order valence-electron chi connectivity index (χ0n) is 19.0. The fourth-order valence-electron chi connectivity index (χ4n) is 3.34. The number of hydrogen-bond acceptors (Lipinski definition) is 4. The van der Waals surface area contributed by atoms with Crippen LogP contribution in [0.15, 0.2) is 85.1 Å². The van der Waals surface area contributed by atoms with E-state index in [0.717, 1.165) is 28.1 Å². The van der Waals surface area contributed by atoms with Crippen molar-refractivity contribution in [2.45, 2.75) is 32.5 Å². The van der Waals surface area contributed by atoms with Crippen LogP contribution in [0.5, 0.6) is 0 Å². The van der Waals surface area contributed by atoms with E-state index in [1.807, 2.05) is 72.8 Å². The van der Waals surface area contributed by atoms with Crippen LogP contribution in [0.1, 0.15) is 20.3 Å². The van der Waals surface area contributed by atoms with Crippen molar-refractivity contribution >= 4 is 5.69 Å². The molecule has 4 rings (SSSR count). The van der Waals surface area contributed by atoms with Gasteiger partial charge in [-0.15, -0.1) is 35.9 Å². The van der Waals surface area contributed by atoms with E-state index in [-0.39, 0.29) is 32.3 Å². The normalized spacial score (nSPS) is 11.7. The minimum Gasteiger partial charge on any atom is -0.393 e. The van der Waals surface area contributed by atoms with Crippen LogP contribution in [0.3, 0.4) is 0 Å². The van der Waals surface area contributed by atoms with Gasteiger partial charge in [-0.25, -0.2) is 4.85 Å². The third-order valence-corrected chi connectivity index (χ3v) is 4.77. The second kappa shape index (κ2) is 13.5. The van der Waals surface area contributed by atoms with Gasteiger partial charge in [-0.1, -0.05) is 54.6 Å². The Hall–Kier alpha value is -3.20. The largest absolute Gasteiger partial charge is 0.393 e. The molecular weight excluding hydrogens is 603 g/mol. The van der Waals surface area contributed by atoms with Crippen LogP contribution in [-0.4, -0.2) is 32.4 Å². The molecule has 3 aromatic carbocycles. The monoisotopic (exact) mass is 629 g/mol. The average molecular weight is 629 g/mol. The van der Waals surface area contributed by atoms with Crippen LogP contribution in [-0.2, 0) is 20.1 Å². The second-order valence-electron chi connectivity index (χ2n) is 7.66. The van der Waals surface area contributed by atoms with E-state index in [1.54, 1.807) is 26.1 Å². The topological polar surface area (TPSA) is 70.6 Å². The first-order valence-corrected chi connectivity index (χ1v) is 10.7. The number of aromatic nitrogens is 2. The zero-order chi connectivity index (χ0) is 23.6. The van der Waals surface area contributed by atoms with Crippen LogP contribution in [0.25, 0.3) is 38.6 Å². The molecule has 175 valence electrons. The molecule has 0 aliphatic heterocycles. The molecule has 1 aromatic heterocycles. The first-order chi connectivity index (χ1) is 16.0. The Morgan fingerprint density at radius 3 is 2.12 bits per heavy atom. The SMILES string of the molecule is CC(O)CC(C)O.[C-]#[N+]c1ccccc1-c1cnc(-c2[c-]cccc2)c(-c2ccccc2)n1.[Ir]. The fraction of sp³-hybridized carbons (Fsp3) is 0.179. The molecule has 5 nitrogen and oxygen atoms in total. The van der Waals surface area contributed by atoms with Gasteiger partial charge in [0.05, 0.1) is 30.2 Å². The number of benzene rings is 3. The zero-order valence-corrected chi connectivity index (χ0v) is 21.4. The standard InChI is InChI=1S/C23H14N3.C5H12O2.Ir/c1-24-20-15-9-8-14-19(20)21-16-25-22(17-10-4-2-5-11-17)23(26-21)18-12-6-3-7-13-18;1-4(6)3-5(2)7;/h2-10,12-16H;4-7H,3H2,1-2H3;/q-1;;. The van der Waals surface area contributed by atoms with Crippen molar-refractivity contribution in [3.8, 4) is 33.8 Å². The average Bonchev–Trinajstić information content (AvgIpc) is 2.84. The van der Waals surface area contributed by atoms with Gasteiger partial charge in [0, 0.05) is 37.6 Å². The Bertz CT molecular complexity index is 1200. The molecule has 34 heavy (non-hydrogen) atoms. The second-order valence-corrected chi connectivity index (χ2v) is 7.66. The summed E-state index contributed by atoms with van der Waals surface area (Å²) < 4.78 is 0. The van der Waals surface area contributed by atoms with Gasteiger partial charge in [-0.2, -0.15) is 0 Å². The summed E-state index contributed by atoms with van der Waals surface area (Å²) >= 11 is 0. The number of nitrogens with zero attached hydrogens (tertiary/aromatic N) is 3. The third-order valence-electron chi connectivity index (χ3n) is 4.77. The van der Waals surface area contributed by atoms with Gasteiger partial charge in [-0.3, -0.25) is 4.98 Å². The molecule has 1 radical (unpaired) electrons. The summed E-state index contributed by atoms with van der Waals surface area (Å²) in [7, 11) is 0. The van der Waals surface area contributed by atoms with E-state index in [9.17, 15) is 0 Å². The molecule has 1 heterocycles. The van der Waals surface area contributed by atoms with E-state index in [1.165, 1.54) is 0 Å². The fourth-order valence-corrected chi connectivity index (χ4v) is 3.34. The molecule has 0 saturated carbocycles. The van der Waals surface area contributed by atoms with Gasteiger partial charge >= 0.3 is 0 Å². The molecule has 2 atom stereocenters. The molecule has 0 aliphatic rings. The first kappa shape index (κ1) is 27.0. The molecule has 2 unspecified atom stereocenters. The molecule has 4 aromatic rings. The van der Waals surface area contributed by atoms with Gasteiger partial charge in [0.15, 0.2) is 5.69 Å². The molecule has 0 spiro atoms. The Labute approximate surface area is 214 Å². The maximum atomic E-state index is 8.56. The van der Waals surface area contributed by atoms with Gasteiger partial charge < -0.3 is 15.2 Å². The van der Waals surface area contributed by atoms with Crippen LogP contribution in [0.4, 0.5) is 5.69 Å². The Balaban J connectivity index is 0.000000449. The van der Waals surface area contributed by atoms with E-state index in [2.05, 4.69) is 15.9 Å². The molecular formula is C28H26IrN3O2-. The molecule has 0 bridgehead atoms. The van der Waals surface area contributed by atoms with Crippen molar-refractivity contribution in [3.63, 3.8) is 0 Å². The smallest absolute Gasteiger partial charge is 0.196 e. The Morgan fingerprint density at radius 2 is 1.53 bits per heavy atom. The van der Waals surface area contributed by atoms with E-state index >= 15 is 0 Å². The van der Waals surface area contributed by atoms with Crippen molar-refractivity contribution in [1.29, 1.82) is 0 Å². The summed E-state index contributed by atoms with van der Waals surface area (Å²) in [5, 5.41) is 17.1. The van der Waals surface area contributed by atoms with Crippen molar-refractivity contribution in [1.82, 2.24) is 9.97 Å². The summed E-state index contributed by atoms with van der Waals surface area (Å²) in [4.78, 5) is 13.2. The maximum absolute atomic E-state index is 8.56. The molecule has 0 fully saturated rings.